The van der Waals surface area contributed by atoms with Gasteiger partial charge in [0.25, 0.3) is 0 Å². The van der Waals surface area contributed by atoms with E-state index in [9.17, 15) is 15.3 Å². The maximum atomic E-state index is 9.94. The first-order chi connectivity index (χ1) is 14.8. The van der Waals surface area contributed by atoms with Gasteiger partial charge in [-0.25, -0.2) is 0 Å². The molecule has 0 aromatic rings. The summed E-state index contributed by atoms with van der Waals surface area (Å²) in [5.41, 5.74) is 0. The van der Waals surface area contributed by atoms with Crippen molar-refractivity contribution >= 4 is 0 Å². The summed E-state index contributed by atoms with van der Waals surface area (Å²) in [5.74, 6) is -2.00. The van der Waals surface area contributed by atoms with E-state index in [1.165, 1.54) is 0 Å². The van der Waals surface area contributed by atoms with Gasteiger partial charge in [-0.15, -0.1) is 0 Å². The quantitative estimate of drug-likeness (QED) is 0.248. The monoisotopic (exact) mass is 569 g/mol. The normalized spacial score (nSPS) is 12.7. The van der Waals surface area contributed by atoms with E-state index in [2.05, 4.69) is 0 Å². The van der Waals surface area contributed by atoms with Crippen molar-refractivity contribution in [2.24, 2.45) is 35.5 Å². The molecule has 0 aromatic carbocycles. The van der Waals surface area contributed by atoms with Crippen LogP contribution >= 0.6 is 0 Å². The van der Waals surface area contributed by atoms with Crippen molar-refractivity contribution in [1.29, 1.82) is 0 Å². The molecule has 0 unspecified atom stereocenters. The summed E-state index contributed by atoms with van der Waals surface area (Å²) in [4.78, 5) is 0. The first kappa shape index (κ1) is 42.0. The van der Waals surface area contributed by atoms with Crippen LogP contribution in [0.1, 0.15) is 104 Å². The zero-order chi connectivity index (χ0) is 27.2. The van der Waals surface area contributed by atoms with Gasteiger partial charge in [-0.2, -0.15) is 0 Å². The molecule has 207 valence electrons. The van der Waals surface area contributed by atoms with Crippen molar-refractivity contribution < 1.29 is 62.2 Å². The zero-order valence-corrected chi connectivity index (χ0v) is 28.1. The first-order valence-electron chi connectivity index (χ1n) is 12.9. The van der Waals surface area contributed by atoms with E-state index in [0.29, 0.717) is 19.8 Å². The summed E-state index contributed by atoms with van der Waals surface area (Å²) in [6.45, 7) is 31.0. The zero-order valence-electron chi connectivity index (χ0n) is 25.2. The molecule has 34 heavy (non-hydrogen) atoms. The predicted molar refractivity (Wildman–Crippen MR) is 139 cm³/mol. The molecule has 0 amide bonds. The maximum Gasteiger partial charge on any atom is 0.169 e. The van der Waals surface area contributed by atoms with Crippen LogP contribution in [0.15, 0.2) is 0 Å². The minimum Gasteiger partial charge on any atom is -0.365 e. The van der Waals surface area contributed by atoms with Crippen LogP contribution in [0.4, 0.5) is 0 Å². The fraction of sp³-hybridized carbons (Fsp3) is 1.00. The van der Waals surface area contributed by atoms with E-state index >= 15 is 0 Å². The van der Waals surface area contributed by atoms with E-state index in [1.807, 2.05) is 104 Å². The second kappa shape index (κ2) is 19.9. The largest absolute Gasteiger partial charge is 0.365 e. The summed E-state index contributed by atoms with van der Waals surface area (Å²) >= 11 is 0. The van der Waals surface area contributed by atoms with Crippen LogP contribution in [0.25, 0.3) is 0 Å². The number of hydrogen-bond acceptors (Lipinski definition) is 6. The van der Waals surface area contributed by atoms with E-state index < -0.39 is 17.4 Å². The Kier molecular flexibility index (Phi) is 24.6. The van der Waals surface area contributed by atoms with Gasteiger partial charge in [-0.3, -0.25) is 0 Å². The Morgan fingerprint density at radius 2 is 0.529 bits per heavy atom. The average molecular weight is 570 g/mol. The Labute approximate surface area is 237 Å². The molecular formula is C27H60O6Y. The van der Waals surface area contributed by atoms with E-state index in [4.69, 9.17) is 14.2 Å². The number of hydrogen-bond donors (Lipinski definition) is 3. The van der Waals surface area contributed by atoms with Gasteiger partial charge < -0.3 is 29.5 Å². The molecule has 1 radical (unpaired) electrons. The molecule has 0 atom stereocenters. The molecule has 0 spiro atoms. The van der Waals surface area contributed by atoms with Crippen molar-refractivity contribution in [3.05, 3.63) is 0 Å². The van der Waals surface area contributed by atoms with Crippen LogP contribution in [0.3, 0.4) is 0 Å². The second-order valence-corrected chi connectivity index (χ2v) is 10.5. The van der Waals surface area contributed by atoms with Crippen LogP contribution in [0.5, 0.6) is 0 Å². The summed E-state index contributed by atoms with van der Waals surface area (Å²) in [7, 11) is 0. The van der Waals surface area contributed by atoms with Gasteiger partial charge in [0.2, 0.25) is 0 Å². The molecule has 7 heteroatoms. The molecule has 0 saturated heterocycles. The van der Waals surface area contributed by atoms with Crippen molar-refractivity contribution in [3.63, 3.8) is 0 Å². The Morgan fingerprint density at radius 1 is 0.412 bits per heavy atom. The van der Waals surface area contributed by atoms with Gasteiger partial charge in [0, 0.05) is 88.0 Å². The summed E-state index contributed by atoms with van der Waals surface area (Å²) < 4.78 is 15.9. The molecular weight excluding hydrogens is 509 g/mol. The molecule has 0 fully saturated rings. The Bertz CT molecular complexity index is 373. The molecule has 0 aliphatic rings. The summed E-state index contributed by atoms with van der Waals surface area (Å²) in [6.07, 6.45) is 0. The molecule has 0 aromatic heterocycles. The van der Waals surface area contributed by atoms with Crippen LogP contribution in [0, 0.1) is 35.5 Å². The van der Waals surface area contributed by atoms with Gasteiger partial charge in [0.15, 0.2) is 17.4 Å². The van der Waals surface area contributed by atoms with Crippen molar-refractivity contribution in [2.45, 2.75) is 121 Å². The third-order valence-electron chi connectivity index (χ3n) is 6.09. The Balaban J connectivity index is -0.000000196. The molecule has 0 bridgehead atoms. The summed E-state index contributed by atoms with van der Waals surface area (Å²) in [5, 5.41) is 29.8. The standard InChI is InChI=1S/3C9H20O2.Y/c3*1-6-11-9(10,7(2)3)8(4)5;/h3*7-8,10H,6H2,1-5H3;. The first-order valence-corrected chi connectivity index (χ1v) is 12.9. The Morgan fingerprint density at radius 3 is 0.559 bits per heavy atom. The SMILES string of the molecule is CCOC(O)(C(C)C)C(C)C.CCOC(O)(C(C)C)C(C)C.CCOC(O)(C(C)C)C(C)C.[Y]. The van der Waals surface area contributed by atoms with Gasteiger partial charge in [-0.05, 0) is 20.8 Å². The van der Waals surface area contributed by atoms with Gasteiger partial charge in [0.05, 0.1) is 0 Å². The van der Waals surface area contributed by atoms with Crippen molar-refractivity contribution in [2.75, 3.05) is 19.8 Å². The van der Waals surface area contributed by atoms with Crippen LogP contribution in [-0.2, 0) is 46.9 Å². The average Bonchev–Trinajstić information content (AvgIpc) is 2.68. The molecule has 3 N–H and O–H groups in total. The topological polar surface area (TPSA) is 88.4 Å². The smallest absolute Gasteiger partial charge is 0.169 e. The van der Waals surface area contributed by atoms with Gasteiger partial charge in [-0.1, -0.05) is 83.1 Å². The summed E-state index contributed by atoms with van der Waals surface area (Å²) in [6, 6.07) is 0. The van der Waals surface area contributed by atoms with Gasteiger partial charge in [0.1, 0.15) is 0 Å². The number of rotatable bonds is 12. The molecule has 6 nitrogen and oxygen atoms in total. The van der Waals surface area contributed by atoms with Crippen molar-refractivity contribution in [3.8, 4) is 0 Å². The third-order valence-corrected chi connectivity index (χ3v) is 6.09. The minimum absolute atomic E-state index is 0. The van der Waals surface area contributed by atoms with Gasteiger partial charge >= 0.3 is 0 Å². The molecule has 0 saturated carbocycles. The van der Waals surface area contributed by atoms with Crippen molar-refractivity contribution in [1.82, 2.24) is 0 Å². The number of ether oxygens (including phenoxy) is 3. The fourth-order valence-corrected chi connectivity index (χ4v) is 3.69. The van der Waals surface area contributed by atoms with E-state index in [1.54, 1.807) is 0 Å². The molecule has 0 rings (SSSR count). The third kappa shape index (κ3) is 14.0. The second-order valence-electron chi connectivity index (χ2n) is 10.5. The molecule has 0 heterocycles. The number of aliphatic hydroxyl groups is 3. The maximum absolute atomic E-state index is 9.94. The molecule has 0 aliphatic heterocycles. The fourth-order valence-electron chi connectivity index (χ4n) is 3.69. The molecule has 0 aliphatic carbocycles. The van der Waals surface area contributed by atoms with Crippen LogP contribution < -0.4 is 0 Å². The van der Waals surface area contributed by atoms with Crippen LogP contribution in [-0.4, -0.2) is 52.5 Å². The van der Waals surface area contributed by atoms with Crippen LogP contribution in [0.2, 0.25) is 0 Å². The minimum atomic E-state index is -0.950. The van der Waals surface area contributed by atoms with E-state index in [0.717, 1.165) is 0 Å². The van der Waals surface area contributed by atoms with E-state index in [-0.39, 0.29) is 68.2 Å². The predicted octanol–water partition coefficient (Wildman–Crippen LogP) is 6.07. The Hall–Kier alpha value is 0.864.